The number of rotatable bonds is 4. The van der Waals surface area contributed by atoms with E-state index in [0.717, 1.165) is 23.7 Å². The first-order valence-corrected chi connectivity index (χ1v) is 7.36. The zero-order chi connectivity index (χ0) is 14.8. The molecule has 0 N–H and O–H groups in total. The van der Waals surface area contributed by atoms with E-state index in [-0.39, 0.29) is 5.97 Å². The Kier molecular flexibility index (Phi) is 3.65. The van der Waals surface area contributed by atoms with Gasteiger partial charge < -0.3 is 9.30 Å². The number of ether oxygens (including phenoxy) is 1. The first kappa shape index (κ1) is 13.7. The van der Waals surface area contributed by atoms with Gasteiger partial charge in [0.25, 0.3) is 0 Å². The Labute approximate surface area is 124 Å². The van der Waals surface area contributed by atoms with Crippen LogP contribution < -0.4 is 0 Å². The summed E-state index contributed by atoms with van der Waals surface area (Å²) in [4.78, 5) is 12.1. The van der Waals surface area contributed by atoms with Crippen LogP contribution in [0, 0.1) is 0 Å². The maximum absolute atomic E-state index is 12.1. The average molecular weight is 281 g/mol. The highest BCUT2D eigenvalue weighted by Crippen LogP contribution is 2.28. The lowest BCUT2D eigenvalue weighted by Crippen LogP contribution is -2.06. The molecule has 0 saturated heterocycles. The molecule has 0 saturated carbocycles. The zero-order valence-corrected chi connectivity index (χ0v) is 12.4. The molecule has 3 aromatic rings. The molecule has 1 heterocycles. The van der Waals surface area contributed by atoms with E-state index in [2.05, 4.69) is 23.6 Å². The Bertz CT molecular complexity index is 801. The van der Waals surface area contributed by atoms with Crippen LogP contribution in [0.5, 0.6) is 0 Å². The third-order valence-electron chi connectivity index (χ3n) is 3.88. The van der Waals surface area contributed by atoms with Gasteiger partial charge in [0.2, 0.25) is 0 Å². The van der Waals surface area contributed by atoms with Gasteiger partial charge in [-0.25, -0.2) is 4.79 Å². The largest absolute Gasteiger partial charge is 0.462 e. The van der Waals surface area contributed by atoms with Gasteiger partial charge in [0.05, 0.1) is 12.2 Å². The minimum absolute atomic E-state index is 0.238. The Balaban J connectivity index is 2.03. The monoisotopic (exact) mass is 281 g/mol. The van der Waals surface area contributed by atoms with E-state index in [1.54, 1.807) is 0 Å². The second kappa shape index (κ2) is 5.60. The highest BCUT2D eigenvalue weighted by atomic mass is 16.5. The summed E-state index contributed by atoms with van der Waals surface area (Å²) in [6.07, 6.45) is 1.93. The third-order valence-corrected chi connectivity index (χ3v) is 3.88. The van der Waals surface area contributed by atoms with Crippen molar-refractivity contribution < 1.29 is 9.53 Å². The molecule has 0 aliphatic carbocycles. The first-order chi connectivity index (χ1) is 10.2. The van der Waals surface area contributed by atoms with Crippen LogP contribution in [-0.4, -0.2) is 17.1 Å². The SMILES string of the molecule is CCCCOC(=O)c1ccc2c(c1)c1ccccc1n2C. The molecule has 0 fully saturated rings. The van der Waals surface area contributed by atoms with Gasteiger partial charge in [0, 0.05) is 28.9 Å². The van der Waals surface area contributed by atoms with E-state index in [4.69, 9.17) is 4.74 Å². The number of aryl methyl sites for hydroxylation is 1. The predicted octanol–water partition coefficient (Wildman–Crippen LogP) is 4.29. The number of nitrogens with zero attached hydrogens (tertiary/aromatic N) is 1. The Hall–Kier alpha value is -2.29. The van der Waals surface area contributed by atoms with Crippen LogP contribution >= 0.6 is 0 Å². The summed E-state index contributed by atoms with van der Waals surface area (Å²) in [7, 11) is 2.05. The molecule has 0 amide bonds. The Morgan fingerprint density at radius 3 is 2.67 bits per heavy atom. The van der Waals surface area contributed by atoms with Gasteiger partial charge in [-0.15, -0.1) is 0 Å². The molecule has 0 aliphatic heterocycles. The van der Waals surface area contributed by atoms with Crippen LogP contribution in [0.2, 0.25) is 0 Å². The van der Waals surface area contributed by atoms with Crippen molar-refractivity contribution in [2.75, 3.05) is 6.61 Å². The summed E-state index contributed by atoms with van der Waals surface area (Å²) in [5.74, 6) is -0.238. The van der Waals surface area contributed by atoms with Gasteiger partial charge in [-0.1, -0.05) is 31.5 Å². The van der Waals surface area contributed by atoms with Crippen LogP contribution in [0.15, 0.2) is 42.5 Å². The minimum Gasteiger partial charge on any atom is -0.462 e. The van der Waals surface area contributed by atoms with Crippen molar-refractivity contribution in [1.82, 2.24) is 4.57 Å². The fourth-order valence-electron chi connectivity index (χ4n) is 2.69. The number of esters is 1. The number of carbonyl (C=O) groups is 1. The van der Waals surface area contributed by atoms with Gasteiger partial charge in [-0.2, -0.15) is 0 Å². The fraction of sp³-hybridized carbons (Fsp3) is 0.278. The Morgan fingerprint density at radius 2 is 1.86 bits per heavy atom. The highest BCUT2D eigenvalue weighted by Gasteiger charge is 2.12. The highest BCUT2D eigenvalue weighted by molar-refractivity contribution is 6.10. The Morgan fingerprint density at radius 1 is 1.10 bits per heavy atom. The van der Waals surface area contributed by atoms with Crippen molar-refractivity contribution in [2.45, 2.75) is 19.8 Å². The maximum Gasteiger partial charge on any atom is 0.338 e. The molecule has 3 heteroatoms. The van der Waals surface area contributed by atoms with Gasteiger partial charge >= 0.3 is 5.97 Å². The maximum atomic E-state index is 12.1. The number of hydrogen-bond donors (Lipinski definition) is 0. The lowest BCUT2D eigenvalue weighted by Gasteiger charge is -2.04. The van der Waals surface area contributed by atoms with Crippen LogP contribution in [0.3, 0.4) is 0 Å². The van der Waals surface area contributed by atoms with Gasteiger partial charge in [0.15, 0.2) is 0 Å². The van der Waals surface area contributed by atoms with Gasteiger partial charge in [-0.3, -0.25) is 0 Å². The van der Waals surface area contributed by atoms with Crippen molar-refractivity contribution in [2.24, 2.45) is 7.05 Å². The number of carbonyl (C=O) groups excluding carboxylic acids is 1. The lowest BCUT2D eigenvalue weighted by atomic mass is 10.1. The van der Waals surface area contributed by atoms with Crippen molar-refractivity contribution in [3.8, 4) is 0 Å². The van der Waals surface area contributed by atoms with Gasteiger partial charge in [-0.05, 0) is 30.7 Å². The summed E-state index contributed by atoms with van der Waals surface area (Å²) in [5.41, 5.74) is 2.92. The quantitative estimate of drug-likeness (QED) is 0.527. The molecule has 0 bridgehead atoms. The molecule has 2 aromatic carbocycles. The summed E-state index contributed by atoms with van der Waals surface area (Å²) >= 11 is 0. The average Bonchev–Trinajstić information content (AvgIpc) is 2.81. The number of aromatic nitrogens is 1. The summed E-state index contributed by atoms with van der Waals surface area (Å²) in [5, 5.41) is 2.26. The first-order valence-electron chi connectivity index (χ1n) is 7.36. The van der Waals surface area contributed by atoms with E-state index in [1.807, 2.05) is 37.4 Å². The van der Waals surface area contributed by atoms with E-state index in [0.29, 0.717) is 12.2 Å². The van der Waals surface area contributed by atoms with Gasteiger partial charge in [0.1, 0.15) is 0 Å². The number of para-hydroxylation sites is 1. The number of hydrogen-bond acceptors (Lipinski definition) is 2. The summed E-state index contributed by atoms with van der Waals surface area (Å²) < 4.78 is 7.44. The van der Waals surface area contributed by atoms with E-state index < -0.39 is 0 Å². The second-order valence-corrected chi connectivity index (χ2v) is 5.30. The number of unbranched alkanes of at least 4 members (excludes halogenated alkanes) is 1. The number of fused-ring (bicyclic) bond motifs is 3. The summed E-state index contributed by atoms with van der Waals surface area (Å²) in [6, 6.07) is 14.0. The van der Waals surface area contributed by atoms with Crippen molar-refractivity contribution in [1.29, 1.82) is 0 Å². The molecule has 0 radical (unpaired) electrons. The standard InChI is InChI=1S/C18H19NO2/c1-3-4-11-21-18(20)13-9-10-17-15(12-13)14-7-5-6-8-16(14)19(17)2/h5-10,12H,3-4,11H2,1-2H3. The molecule has 0 aliphatic rings. The van der Waals surface area contributed by atoms with Crippen molar-refractivity contribution in [3.63, 3.8) is 0 Å². The van der Waals surface area contributed by atoms with Crippen LogP contribution in [-0.2, 0) is 11.8 Å². The third kappa shape index (κ3) is 2.40. The molecule has 0 spiro atoms. The van der Waals surface area contributed by atoms with Crippen LogP contribution in [0.1, 0.15) is 30.1 Å². The topological polar surface area (TPSA) is 31.2 Å². The summed E-state index contributed by atoms with van der Waals surface area (Å²) in [6.45, 7) is 2.57. The fourth-order valence-corrected chi connectivity index (χ4v) is 2.69. The normalized spacial score (nSPS) is 11.1. The smallest absolute Gasteiger partial charge is 0.338 e. The number of benzene rings is 2. The predicted molar refractivity (Wildman–Crippen MR) is 85.6 cm³/mol. The molecule has 0 unspecified atom stereocenters. The van der Waals surface area contributed by atoms with Crippen molar-refractivity contribution >= 4 is 27.8 Å². The van der Waals surface area contributed by atoms with E-state index in [1.165, 1.54) is 10.9 Å². The minimum atomic E-state index is -0.238. The molecule has 21 heavy (non-hydrogen) atoms. The molecule has 1 aromatic heterocycles. The van der Waals surface area contributed by atoms with Crippen molar-refractivity contribution in [3.05, 3.63) is 48.0 Å². The molecule has 108 valence electrons. The van der Waals surface area contributed by atoms with E-state index >= 15 is 0 Å². The molecule has 3 nitrogen and oxygen atoms in total. The van der Waals surface area contributed by atoms with Crippen LogP contribution in [0.25, 0.3) is 21.8 Å². The zero-order valence-electron chi connectivity index (χ0n) is 12.4. The second-order valence-electron chi connectivity index (χ2n) is 5.30. The molecular weight excluding hydrogens is 262 g/mol. The lowest BCUT2D eigenvalue weighted by molar-refractivity contribution is 0.0500. The molecular formula is C18H19NO2. The van der Waals surface area contributed by atoms with Crippen LogP contribution in [0.4, 0.5) is 0 Å². The molecule has 3 rings (SSSR count). The molecule has 0 atom stereocenters. The van der Waals surface area contributed by atoms with E-state index in [9.17, 15) is 4.79 Å².